The van der Waals surface area contributed by atoms with E-state index in [1.165, 1.54) is 6.07 Å². The summed E-state index contributed by atoms with van der Waals surface area (Å²) in [6.45, 7) is 2.92. The molecule has 170 valence electrons. The highest BCUT2D eigenvalue weighted by molar-refractivity contribution is 5.58. The molecule has 6 rings (SSSR count). The van der Waals surface area contributed by atoms with Gasteiger partial charge in [-0.25, -0.2) is 0 Å². The van der Waals surface area contributed by atoms with Crippen LogP contribution in [0.15, 0.2) is 48.5 Å². The van der Waals surface area contributed by atoms with Gasteiger partial charge in [-0.15, -0.1) is 0 Å². The number of halogens is 3. The summed E-state index contributed by atoms with van der Waals surface area (Å²) >= 11 is 0. The predicted molar refractivity (Wildman–Crippen MR) is 116 cm³/mol. The summed E-state index contributed by atoms with van der Waals surface area (Å²) in [6.07, 6.45) is -2.87. The lowest BCUT2D eigenvalue weighted by molar-refractivity contribution is -0.138. The number of piperidine rings is 1. The van der Waals surface area contributed by atoms with Gasteiger partial charge in [-0.05, 0) is 61.5 Å². The van der Waals surface area contributed by atoms with E-state index in [2.05, 4.69) is 28.1 Å². The smallest absolute Gasteiger partial charge is 0.378 e. The van der Waals surface area contributed by atoms with Gasteiger partial charge in [0.05, 0.1) is 23.8 Å². The van der Waals surface area contributed by atoms with Crippen LogP contribution in [0, 0.1) is 17.8 Å². The quantitative estimate of drug-likeness (QED) is 0.651. The molecule has 3 fully saturated rings. The molecule has 0 radical (unpaired) electrons. The monoisotopic (exact) mass is 443 g/mol. The zero-order valence-corrected chi connectivity index (χ0v) is 17.7. The normalized spacial score (nSPS) is 35.4. The van der Waals surface area contributed by atoms with Crippen molar-refractivity contribution < 1.29 is 17.9 Å². The van der Waals surface area contributed by atoms with Gasteiger partial charge >= 0.3 is 6.18 Å². The number of hydrogen-bond donors (Lipinski definition) is 3. The van der Waals surface area contributed by atoms with Crippen LogP contribution in [0.25, 0.3) is 0 Å². The van der Waals surface area contributed by atoms with Crippen molar-refractivity contribution in [3.63, 3.8) is 0 Å². The number of benzene rings is 2. The molecule has 3 aliphatic heterocycles. The Morgan fingerprint density at radius 3 is 2.50 bits per heavy atom. The SMILES string of the molecule is FC(F)(F)c1ccc2c(c1)[C@H]1O[C@@H](CN[C@H]3[C@@H]4CNC[C@@H]43)CC[C@H]1[C@H](c1ccccc1)N2. The molecular formula is C25H28F3N3O. The minimum absolute atomic E-state index is 0.0162. The summed E-state index contributed by atoms with van der Waals surface area (Å²) < 4.78 is 46.9. The fourth-order valence-electron chi connectivity index (χ4n) is 6.06. The van der Waals surface area contributed by atoms with Crippen molar-refractivity contribution in [1.82, 2.24) is 10.6 Å². The molecule has 1 aliphatic carbocycles. The van der Waals surface area contributed by atoms with Crippen LogP contribution >= 0.6 is 0 Å². The van der Waals surface area contributed by atoms with E-state index in [1.54, 1.807) is 6.07 Å². The highest BCUT2D eigenvalue weighted by Gasteiger charge is 2.53. The lowest BCUT2D eigenvalue weighted by Gasteiger charge is -2.46. The van der Waals surface area contributed by atoms with Crippen LogP contribution < -0.4 is 16.0 Å². The van der Waals surface area contributed by atoms with Gasteiger partial charge in [0.2, 0.25) is 0 Å². The van der Waals surface area contributed by atoms with Crippen LogP contribution in [0.1, 0.15) is 41.7 Å². The van der Waals surface area contributed by atoms with Gasteiger partial charge in [-0.1, -0.05) is 30.3 Å². The molecule has 2 aromatic rings. The second-order valence-electron chi connectivity index (χ2n) is 9.67. The van der Waals surface area contributed by atoms with E-state index < -0.39 is 11.7 Å². The Labute approximate surface area is 185 Å². The van der Waals surface area contributed by atoms with Crippen LogP contribution in [0.3, 0.4) is 0 Å². The third-order valence-corrected chi connectivity index (χ3v) is 7.81. The van der Waals surface area contributed by atoms with Gasteiger partial charge in [-0.3, -0.25) is 0 Å². The molecule has 0 amide bonds. The zero-order valence-electron chi connectivity index (χ0n) is 17.7. The second kappa shape index (κ2) is 7.75. The van der Waals surface area contributed by atoms with Crippen LogP contribution in [0.5, 0.6) is 0 Å². The van der Waals surface area contributed by atoms with Crippen molar-refractivity contribution >= 4 is 5.69 Å². The van der Waals surface area contributed by atoms with Crippen molar-refractivity contribution in [1.29, 1.82) is 0 Å². The Bertz CT molecular complexity index is 972. The second-order valence-corrected chi connectivity index (χ2v) is 9.67. The lowest BCUT2D eigenvalue weighted by Crippen LogP contribution is -2.43. The molecule has 7 atom stereocenters. The number of rotatable bonds is 4. The van der Waals surface area contributed by atoms with Crippen LogP contribution in [0.2, 0.25) is 0 Å². The van der Waals surface area contributed by atoms with Crippen molar-refractivity contribution in [2.45, 2.75) is 43.3 Å². The fraction of sp³-hybridized carbons (Fsp3) is 0.520. The molecule has 4 aliphatic rings. The van der Waals surface area contributed by atoms with Crippen molar-refractivity contribution in [2.75, 3.05) is 25.0 Å². The molecular weight excluding hydrogens is 415 g/mol. The molecule has 3 heterocycles. The summed E-state index contributed by atoms with van der Waals surface area (Å²) in [5, 5.41) is 10.6. The van der Waals surface area contributed by atoms with E-state index in [0.717, 1.165) is 61.6 Å². The van der Waals surface area contributed by atoms with Crippen molar-refractivity contribution in [2.24, 2.45) is 17.8 Å². The Balaban J connectivity index is 1.26. The van der Waals surface area contributed by atoms with E-state index in [1.807, 2.05) is 18.2 Å². The highest BCUT2D eigenvalue weighted by Crippen LogP contribution is 2.51. The number of ether oxygens (including phenoxy) is 1. The fourth-order valence-corrected chi connectivity index (χ4v) is 6.06. The van der Waals surface area contributed by atoms with Gasteiger partial charge in [0.1, 0.15) is 0 Å². The Hall–Kier alpha value is -2.09. The maximum absolute atomic E-state index is 13.5. The van der Waals surface area contributed by atoms with E-state index in [4.69, 9.17) is 4.74 Å². The summed E-state index contributed by atoms with van der Waals surface area (Å²) in [6, 6.07) is 14.7. The average molecular weight is 444 g/mol. The number of nitrogens with one attached hydrogen (secondary N) is 3. The molecule has 0 bridgehead atoms. The minimum Gasteiger partial charge on any atom is -0.378 e. The maximum atomic E-state index is 13.5. The number of anilines is 1. The first-order valence-electron chi connectivity index (χ1n) is 11.6. The first kappa shape index (κ1) is 20.5. The standard InChI is InChI=1S/C25H28F3N3O/c26-25(27,28)15-6-9-21-18(10-15)24-17(22(31-21)14-4-2-1-3-5-14)8-7-16(32-24)11-30-23-19-12-29-13-20(19)23/h1-6,9-10,16-17,19-20,22-24,29-31H,7-8,11-13H2/t16-,17+,19-,20+,22+,23+,24+/m1/s1. The maximum Gasteiger partial charge on any atom is 0.416 e. The summed E-state index contributed by atoms with van der Waals surface area (Å²) in [7, 11) is 0. The molecule has 2 saturated heterocycles. The molecule has 7 heteroatoms. The van der Waals surface area contributed by atoms with Gasteiger partial charge in [-0.2, -0.15) is 13.2 Å². The summed E-state index contributed by atoms with van der Waals surface area (Å²) in [4.78, 5) is 0. The molecule has 0 spiro atoms. The third kappa shape index (κ3) is 3.60. The summed E-state index contributed by atoms with van der Waals surface area (Å²) in [5.41, 5.74) is 1.90. The van der Waals surface area contributed by atoms with E-state index in [0.29, 0.717) is 11.6 Å². The van der Waals surface area contributed by atoms with E-state index in [-0.39, 0.29) is 24.2 Å². The third-order valence-electron chi connectivity index (χ3n) is 7.81. The molecule has 0 unspecified atom stereocenters. The van der Waals surface area contributed by atoms with Crippen molar-refractivity contribution in [3.05, 3.63) is 65.2 Å². The molecule has 4 nitrogen and oxygen atoms in total. The highest BCUT2D eigenvalue weighted by atomic mass is 19.4. The first-order valence-corrected chi connectivity index (χ1v) is 11.6. The Morgan fingerprint density at radius 1 is 0.969 bits per heavy atom. The Morgan fingerprint density at radius 2 is 1.75 bits per heavy atom. The lowest BCUT2D eigenvalue weighted by atomic mass is 9.76. The molecule has 0 aromatic heterocycles. The van der Waals surface area contributed by atoms with Gasteiger partial charge in [0, 0.05) is 29.8 Å². The van der Waals surface area contributed by atoms with E-state index in [9.17, 15) is 13.2 Å². The van der Waals surface area contributed by atoms with E-state index >= 15 is 0 Å². The predicted octanol–water partition coefficient (Wildman–Crippen LogP) is 4.52. The molecule has 32 heavy (non-hydrogen) atoms. The van der Waals surface area contributed by atoms with Crippen LogP contribution in [0.4, 0.5) is 18.9 Å². The Kier molecular flexibility index (Phi) is 4.97. The largest absolute Gasteiger partial charge is 0.416 e. The van der Waals surface area contributed by atoms with Crippen LogP contribution in [-0.2, 0) is 10.9 Å². The zero-order chi connectivity index (χ0) is 21.9. The minimum atomic E-state index is -4.37. The average Bonchev–Trinajstić information content (AvgIpc) is 3.22. The summed E-state index contributed by atoms with van der Waals surface area (Å²) in [5.74, 6) is 1.54. The first-order chi connectivity index (χ1) is 15.5. The number of alkyl halides is 3. The van der Waals surface area contributed by atoms with Gasteiger partial charge in [0.25, 0.3) is 0 Å². The topological polar surface area (TPSA) is 45.3 Å². The van der Waals surface area contributed by atoms with Crippen molar-refractivity contribution in [3.8, 4) is 0 Å². The molecule has 2 aromatic carbocycles. The molecule has 3 N–H and O–H groups in total. The number of hydrogen-bond acceptors (Lipinski definition) is 4. The van der Waals surface area contributed by atoms with Gasteiger partial charge < -0.3 is 20.7 Å². The van der Waals surface area contributed by atoms with Crippen LogP contribution in [-0.4, -0.2) is 31.8 Å². The number of fused-ring (bicyclic) bond motifs is 4. The van der Waals surface area contributed by atoms with Gasteiger partial charge in [0.15, 0.2) is 0 Å². The molecule has 1 saturated carbocycles.